The molecular formula is C19H17ClN4O4S. The predicted molar refractivity (Wildman–Crippen MR) is 109 cm³/mol. The van der Waals surface area contributed by atoms with E-state index in [-0.39, 0.29) is 25.1 Å². The number of amides is 1. The van der Waals surface area contributed by atoms with Crippen LogP contribution in [-0.2, 0) is 18.4 Å². The van der Waals surface area contributed by atoms with Crippen molar-refractivity contribution in [2.45, 2.75) is 11.8 Å². The minimum atomic E-state index is -0.157. The maximum absolute atomic E-state index is 12.2. The van der Waals surface area contributed by atoms with E-state index in [9.17, 15) is 4.79 Å². The Morgan fingerprint density at radius 2 is 2.00 bits per heavy atom. The third kappa shape index (κ3) is 4.75. The van der Waals surface area contributed by atoms with Crippen LogP contribution in [0.15, 0.2) is 47.6 Å². The van der Waals surface area contributed by atoms with Gasteiger partial charge in [0.05, 0.1) is 5.75 Å². The summed E-state index contributed by atoms with van der Waals surface area (Å²) < 4.78 is 18.1. The molecule has 0 bridgehead atoms. The Balaban J connectivity index is 1.29. The van der Waals surface area contributed by atoms with Gasteiger partial charge in [0.2, 0.25) is 12.7 Å². The molecule has 3 aromatic rings. The van der Waals surface area contributed by atoms with Gasteiger partial charge in [0.1, 0.15) is 12.4 Å². The lowest BCUT2D eigenvalue weighted by atomic mass is 10.3. The highest BCUT2D eigenvalue weighted by Crippen LogP contribution is 2.34. The number of aromatic nitrogens is 3. The summed E-state index contributed by atoms with van der Waals surface area (Å²) in [5.41, 5.74) is 0.648. The zero-order valence-corrected chi connectivity index (χ0v) is 17.0. The molecule has 0 saturated heterocycles. The number of carbonyl (C=O) groups excluding carboxylic acids is 1. The number of fused-ring (bicyclic) bond motifs is 1. The number of carbonyl (C=O) groups is 1. The number of thioether (sulfide) groups is 1. The van der Waals surface area contributed by atoms with Crippen LogP contribution in [0.1, 0.15) is 5.82 Å². The van der Waals surface area contributed by atoms with Crippen molar-refractivity contribution in [3.8, 4) is 17.2 Å². The van der Waals surface area contributed by atoms with Crippen molar-refractivity contribution < 1.29 is 19.0 Å². The molecule has 0 unspecified atom stereocenters. The lowest BCUT2D eigenvalue weighted by Crippen LogP contribution is -2.14. The van der Waals surface area contributed by atoms with Gasteiger partial charge in [0, 0.05) is 23.8 Å². The first-order valence-electron chi connectivity index (χ1n) is 8.67. The van der Waals surface area contributed by atoms with Gasteiger partial charge in [0.25, 0.3) is 0 Å². The average molecular weight is 433 g/mol. The van der Waals surface area contributed by atoms with Crippen molar-refractivity contribution in [3.05, 3.63) is 53.3 Å². The summed E-state index contributed by atoms with van der Waals surface area (Å²) in [6.45, 7) is 0.452. The molecule has 2 aromatic carbocycles. The average Bonchev–Trinajstić information content (AvgIpc) is 3.32. The number of nitrogens with one attached hydrogen (secondary N) is 1. The van der Waals surface area contributed by atoms with E-state index in [4.69, 9.17) is 25.8 Å². The second-order valence-corrected chi connectivity index (χ2v) is 7.48. The van der Waals surface area contributed by atoms with Crippen LogP contribution in [0, 0.1) is 0 Å². The minimum absolute atomic E-state index is 0.157. The van der Waals surface area contributed by atoms with Crippen LogP contribution in [0.25, 0.3) is 0 Å². The normalized spacial score (nSPS) is 12.1. The number of halogens is 1. The Labute approximate surface area is 176 Å². The molecule has 0 atom stereocenters. The van der Waals surface area contributed by atoms with Gasteiger partial charge in [-0.1, -0.05) is 23.4 Å². The van der Waals surface area contributed by atoms with Crippen LogP contribution in [0.2, 0.25) is 5.02 Å². The smallest absolute Gasteiger partial charge is 0.234 e. The maximum Gasteiger partial charge on any atom is 0.234 e. The molecule has 1 N–H and O–H groups in total. The Morgan fingerprint density at radius 3 is 2.83 bits per heavy atom. The molecular weight excluding hydrogens is 416 g/mol. The summed E-state index contributed by atoms with van der Waals surface area (Å²) in [5.74, 6) is 2.67. The molecule has 0 aliphatic carbocycles. The zero-order chi connectivity index (χ0) is 20.2. The van der Waals surface area contributed by atoms with E-state index in [1.807, 2.05) is 7.05 Å². The second kappa shape index (κ2) is 8.62. The highest BCUT2D eigenvalue weighted by atomic mass is 35.5. The number of ether oxygens (including phenoxy) is 3. The molecule has 0 spiro atoms. The summed E-state index contributed by atoms with van der Waals surface area (Å²) in [4.78, 5) is 12.2. The first kappa shape index (κ1) is 19.4. The number of rotatable bonds is 7. The van der Waals surface area contributed by atoms with Gasteiger partial charge in [0.15, 0.2) is 22.5 Å². The summed E-state index contributed by atoms with van der Waals surface area (Å²) in [5, 5.41) is 12.4. The molecule has 10 heteroatoms. The van der Waals surface area contributed by atoms with Gasteiger partial charge in [-0.2, -0.15) is 0 Å². The SMILES string of the molecule is Cn1c(COc2ccc(Cl)cc2)nnc1SCC(=O)Nc1ccc2c(c1)OCO2. The Morgan fingerprint density at radius 1 is 1.21 bits per heavy atom. The Kier molecular flexibility index (Phi) is 5.77. The number of hydrogen-bond acceptors (Lipinski definition) is 7. The molecule has 0 fully saturated rings. The molecule has 8 nitrogen and oxygen atoms in total. The monoisotopic (exact) mass is 432 g/mol. The first-order chi connectivity index (χ1) is 14.1. The van der Waals surface area contributed by atoms with Crippen LogP contribution in [0.4, 0.5) is 5.69 Å². The van der Waals surface area contributed by atoms with Gasteiger partial charge in [-0.05, 0) is 36.4 Å². The molecule has 0 saturated carbocycles. The van der Waals surface area contributed by atoms with Gasteiger partial charge in [-0.3, -0.25) is 4.79 Å². The number of hydrogen-bond donors (Lipinski definition) is 1. The minimum Gasteiger partial charge on any atom is -0.486 e. The largest absolute Gasteiger partial charge is 0.486 e. The molecule has 4 rings (SSSR count). The molecule has 1 aromatic heterocycles. The van der Waals surface area contributed by atoms with Crippen LogP contribution in [0.3, 0.4) is 0 Å². The number of anilines is 1. The van der Waals surface area contributed by atoms with Gasteiger partial charge < -0.3 is 24.1 Å². The fraction of sp³-hybridized carbons (Fsp3) is 0.211. The van der Waals surface area contributed by atoms with Crippen LogP contribution in [-0.4, -0.2) is 33.2 Å². The third-order valence-corrected chi connectivity index (χ3v) is 5.37. The maximum atomic E-state index is 12.2. The number of benzene rings is 2. The second-order valence-electron chi connectivity index (χ2n) is 6.11. The standard InChI is InChI=1S/C19H17ClN4O4S/c1-24-17(9-26-14-5-2-12(20)3-6-14)22-23-19(24)29-10-18(25)21-13-4-7-15-16(8-13)28-11-27-15/h2-8H,9-11H2,1H3,(H,21,25). The molecule has 150 valence electrons. The fourth-order valence-corrected chi connectivity index (χ4v) is 3.43. The summed E-state index contributed by atoms with van der Waals surface area (Å²) >= 11 is 7.16. The van der Waals surface area contributed by atoms with Gasteiger partial charge in [-0.25, -0.2) is 0 Å². The quantitative estimate of drug-likeness (QED) is 0.571. The van der Waals surface area contributed by atoms with E-state index < -0.39 is 0 Å². The third-order valence-electron chi connectivity index (χ3n) is 4.10. The van der Waals surface area contributed by atoms with Gasteiger partial charge in [-0.15, -0.1) is 10.2 Å². The van der Waals surface area contributed by atoms with E-state index in [1.165, 1.54) is 11.8 Å². The van der Waals surface area contributed by atoms with E-state index in [2.05, 4.69) is 15.5 Å². The molecule has 2 heterocycles. The summed E-state index contributed by atoms with van der Waals surface area (Å²) in [6, 6.07) is 12.4. The van der Waals surface area contributed by atoms with E-state index >= 15 is 0 Å². The summed E-state index contributed by atoms with van der Waals surface area (Å²) in [7, 11) is 1.83. The molecule has 29 heavy (non-hydrogen) atoms. The fourth-order valence-electron chi connectivity index (χ4n) is 2.58. The van der Waals surface area contributed by atoms with Crippen molar-refractivity contribution in [1.29, 1.82) is 0 Å². The molecule has 0 radical (unpaired) electrons. The lowest BCUT2D eigenvalue weighted by Gasteiger charge is -2.07. The van der Waals surface area contributed by atoms with E-state index in [0.717, 1.165) is 0 Å². The van der Waals surface area contributed by atoms with Gasteiger partial charge >= 0.3 is 0 Å². The highest BCUT2D eigenvalue weighted by molar-refractivity contribution is 7.99. The van der Waals surface area contributed by atoms with E-state index in [0.29, 0.717) is 38.9 Å². The van der Waals surface area contributed by atoms with Crippen molar-refractivity contribution in [3.63, 3.8) is 0 Å². The number of nitrogens with zero attached hydrogens (tertiary/aromatic N) is 3. The van der Waals surface area contributed by atoms with Crippen molar-refractivity contribution in [1.82, 2.24) is 14.8 Å². The van der Waals surface area contributed by atoms with Crippen LogP contribution in [0.5, 0.6) is 17.2 Å². The van der Waals surface area contributed by atoms with Crippen LogP contribution >= 0.6 is 23.4 Å². The van der Waals surface area contributed by atoms with E-state index in [1.54, 1.807) is 47.0 Å². The molecule has 1 aliphatic rings. The van der Waals surface area contributed by atoms with Crippen LogP contribution < -0.4 is 19.5 Å². The Hall–Kier alpha value is -2.91. The van der Waals surface area contributed by atoms with Crippen molar-refractivity contribution >= 4 is 35.0 Å². The first-order valence-corrected chi connectivity index (χ1v) is 10.0. The van der Waals surface area contributed by atoms with Crippen molar-refractivity contribution in [2.24, 2.45) is 7.05 Å². The molecule has 1 amide bonds. The summed E-state index contributed by atoms with van der Waals surface area (Å²) in [6.07, 6.45) is 0. The zero-order valence-electron chi connectivity index (χ0n) is 15.4. The lowest BCUT2D eigenvalue weighted by molar-refractivity contribution is -0.113. The van der Waals surface area contributed by atoms with Crippen molar-refractivity contribution in [2.75, 3.05) is 17.9 Å². The Bertz CT molecular complexity index is 1030. The topological polar surface area (TPSA) is 87.5 Å². The molecule has 1 aliphatic heterocycles. The predicted octanol–water partition coefficient (Wildman–Crippen LogP) is 3.51. The highest BCUT2D eigenvalue weighted by Gasteiger charge is 2.15.